The number of anilines is 1. The summed E-state index contributed by atoms with van der Waals surface area (Å²) in [5.41, 5.74) is 3.93. The van der Waals surface area contributed by atoms with Crippen molar-refractivity contribution in [3.63, 3.8) is 0 Å². The molecular weight excluding hydrogens is 448 g/mol. The van der Waals surface area contributed by atoms with Crippen LogP contribution in [0.25, 0.3) is 0 Å². The fourth-order valence-corrected chi connectivity index (χ4v) is 5.36. The maximum Gasteiger partial charge on any atom is 0.321 e. The van der Waals surface area contributed by atoms with Gasteiger partial charge in [0, 0.05) is 36.8 Å². The van der Waals surface area contributed by atoms with Crippen LogP contribution in [0.3, 0.4) is 0 Å². The lowest BCUT2D eigenvalue weighted by atomic mass is 9.89. The van der Waals surface area contributed by atoms with Crippen LogP contribution in [0, 0.1) is 0 Å². The van der Waals surface area contributed by atoms with Crippen molar-refractivity contribution in [1.29, 1.82) is 0 Å². The quantitative estimate of drug-likeness (QED) is 0.470. The van der Waals surface area contributed by atoms with Crippen molar-refractivity contribution in [2.75, 3.05) is 44.6 Å². The van der Waals surface area contributed by atoms with Crippen LogP contribution in [0.2, 0.25) is 0 Å². The molecule has 0 spiro atoms. The largest absolute Gasteiger partial charge is 0.352 e. The summed E-state index contributed by atoms with van der Waals surface area (Å²) in [6, 6.07) is 16.0. The SMILES string of the molecule is CCc1ccc(NC(=O)N2CCCC(c3cccc(C(=O)NCCCN4CCCCCC4)c3)C2)cc1. The second-order valence-electron chi connectivity index (χ2n) is 10.3. The van der Waals surface area contributed by atoms with Crippen LogP contribution >= 0.6 is 0 Å². The number of urea groups is 1. The van der Waals surface area contributed by atoms with Gasteiger partial charge >= 0.3 is 6.03 Å². The molecule has 194 valence electrons. The van der Waals surface area contributed by atoms with Crippen molar-refractivity contribution >= 4 is 17.6 Å². The lowest BCUT2D eigenvalue weighted by molar-refractivity contribution is 0.0951. The second-order valence-corrected chi connectivity index (χ2v) is 10.3. The third-order valence-electron chi connectivity index (χ3n) is 7.58. The Hall–Kier alpha value is -2.86. The number of hydrogen-bond donors (Lipinski definition) is 2. The predicted molar refractivity (Wildman–Crippen MR) is 147 cm³/mol. The summed E-state index contributed by atoms with van der Waals surface area (Å²) in [7, 11) is 0. The molecule has 1 atom stereocenters. The molecule has 0 aliphatic carbocycles. The summed E-state index contributed by atoms with van der Waals surface area (Å²) in [6.45, 7) is 7.69. The number of aryl methyl sites for hydroxylation is 1. The highest BCUT2D eigenvalue weighted by Gasteiger charge is 2.25. The van der Waals surface area contributed by atoms with Gasteiger partial charge in [-0.1, -0.05) is 44.0 Å². The van der Waals surface area contributed by atoms with E-state index >= 15 is 0 Å². The summed E-state index contributed by atoms with van der Waals surface area (Å²) in [4.78, 5) is 30.1. The normalized spacial score (nSPS) is 18.9. The Bertz CT molecular complexity index is 983. The molecule has 0 aromatic heterocycles. The van der Waals surface area contributed by atoms with Crippen molar-refractivity contribution < 1.29 is 9.59 Å². The van der Waals surface area contributed by atoms with Gasteiger partial charge < -0.3 is 20.4 Å². The standard InChI is InChI=1S/C30H42N4O2/c1-2-24-13-15-28(16-14-24)32-30(36)34-21-8-12-27(23-34)25-10-7-11-26(22-25)29(35)31-17-9-20-33-18-5-3-4-6-19-33/h7,10-11,13-16,22,27H,2-6,8-9,12,17-21,23H2,1H3,(H,31,35)(H,32,36). The van der Waals surface area contributed by atoms with E-state index in [1.807, 2.05) is 35.2 Å². The van der Waals surface area contributed by atoms with E-state index < -0.39 is 0 Å². The molecule has 2 heterocycles. The Morgan fingerprint density at radius 3 is 2.47 bits per heavy atom. The van der Waals surface area contributed by atoms with Crippen molar-refractivity contribution in [1.82, 2.24) is 15.1 Å². The molecule has 6 nitrogen and oxygen atoms in total. The topological polar surface area (TPSA) is 64.7 Å². The molecule has 2 aliphatic heterocycles. The Balaban J connectivity index is 1.27. The van der Waals surface area contributed by atoms with Gasteiger partial charge in [-0.3, -0.25) is 4.79 Å². The van der Waals surface area contributed by atoms with Crippen LogP contribution in [0.1, 0.15) is 79.3 Å². The molecule has 3 amide bonds. The van der Waals surface area contributed by atoms with Gasteiger partial charge in [0.15, 0.2) is 0 Å². The zero-order valence-electron chi connectivity index (χ0n) is 21.8. The molecule has 0 saturated carbocycles. The van der Waals surface area contributed by atoms with Crippen molar-refractivity contribution in [3.05, 3.63) is 65.2 Å². The van der Waals surface area contributed by atoms with Gasteiger partial charge in [-0.15, -0.1) is 0 Å². The number of amides is 3. The molecule has 0 radical (unpaired) electrons. The van der Waals surface area contributed by atoms with Gasteiger partial charge in [0.05, 0.1) is 0 Å². The smallest absolute Gasteiger partial charge is 0.321 e. The molecule has 2 aromatic rings. The number of nitrogens with one attached hydrogen (secondary N) is 2. The molecule has 2 aromatic carbocycles. The van der Waals surface area contributed by atoms with Gasteiger partial charge in [0.2, 0.25) is 0 Å². The minimum absolute atomic E-state index is 0.00588. The monoisotopic (exact) mass is 490 g/mol. The average Bonchev–Trinajstić information content (AvgIpc) is 3.20. The van der Waals surface area contributed by atoms with Crippen LogP contribution in [-0.2, 0) is 6.42 Å². The third-order valence-corrected chi connectivity index (χ3v) is 7.58. The van der Waals surface area contributed by atoms with Crippen LogP contribution < -0.4 is 10.6 Å². The van der Waals surface area contributed by atoms with Crippen molar-refractivity contribution in [2.45, 2.75) is 64.2 Å². The van der Waals surface area contributed by atoms with E-state index in [0.717, 1.165) is 50.0 Å². The molecule has 2 aliphatic rings. The number of benzene rings is 2. The lowest BCUT2D eigenvalue weighted by Crippen LogP contribution is -2.41. The van der Waals surface area contributed by atoms with E-state index in [2.05, 4.69) is 40.7 Å². The first-order valence-electron chi connectivity index (χ1n) is 13.9. The van der Waals surface area contributed by atoms with E-state index in [0.29, 0.717) is 18.7 Å². The lowest BCUT2D eigenvalue weighted by Gasteiger charge is -2.33. The maximum atomic E-state index is 12.9. The molecule has 2 fully saturated rings. The van der Waals surface area contributed by atoms with E-state index in [1.165, 1.54) is 44.3 Å². The molecule has 0 bridgehead atoms. The Kier molecular flexibility index (Phi) is 9.79. The Morgan fingerprint density at radius 2 is 1.72 bits per heavy atom. The van der Waals surface area contributed by atoms with Gasteiger partial charge in [-0.25, -0.2) is 4.79 Å². The van der Waals surface area contributed by atoms with Crippen LogP contribution in [0.15, 0.2) is 48.5 Å². The Labute approximate surface area is 216 Å². The van der Waals surface area contributed by atoms with Gasteiger partial charge in [-0.05, 0) is 93.6 Å². The van der Waals surface area contributed by atoms with Crippen molar-refractivity contribution in [3.8, 4) is 0 Å². The summed E-state index contributed by atoms with van der Waals surface area (Å²) >= 11 is 0. The summed E-state index contributed by atoms with van der Waals surface area (Å²) in [6.07, 6.45) is 9.24. The highest BCUT2D eigenvalue weighted by Crippen LogP contribution is 2.28. The number of carbonyl (C=O) groups is 2. The predicted octanol–water partition coefficient (Wildman–Crippen LogP) is 5.66. The molecule has 1 unspecified atom stereocenters. The first kappa shape index (κ1) is 26.2. The van der Waals surface area contributed by atoms with Gasteiger partial charge in [-0.2, -0.15) is 0 Å². The molecule has 36 heavy (non-hydrogen) atoms. The average molecular weight is 491 g/mol. The van der Waals surface area contributed by atoms with Crippen molar-refractivity contribution in [2.24, 2.45) is 0 Å². The van der Waals surface area contributed by atoms with Crippen LogP contribution in [0.4, 0.5) is 10.5 Å². The van der Waals surface area contributed by atoms with Crippen LogP contribution in [-0.4, -0.2) is 61.0 Å². The zero-order chi connectivity index (χ0) is 25.2. The number of piperidine rings is 1. The minimum Gasteiger partial charge on any atom is -0.352 e. The third kappa shape index (κ3) is 7.57. The summed E-state index contributed by atoms with van der Waals surface area (Å²) in [5.74, 6) is 0.233. The zero-order valence-corrected chi connectivity index (χ0v) is 21.8. The fraction of sp³-hybridized carbons (Fsp3) is 0.533. The number of hydrogen-bond acceptors (Lipinski definition) is 3. The molecule has 2 saturated heterocycles. The first-order chi connectivity index (χ1) is 17.6. The van der Waals surface area contributed by atoms with E-state index in [-0.39, 0.29) is 17.9 Å². The minimum atomic E-state index is -0.0535. The van der Waals surface area contributed by atoms with Crippen LogP contribution in [0.5, 0.6) is 0 Å². The molecular formula is C30H42N4O2. The Morgan fingerprint density at radius 1 is 0.944 bits per heavy atom. The summed E-state index contributed by atoms with van der Waals surface area (Å²) in [5, 5.41) is 6.15. The number of nitrogens with zero attached hydrogens (tertiary/aromatic N) is 2. The number of likely N-dealkylation sites (tertiary alicyclic amines) is 2. The van der Waals surface area contributed by atoms with Gasteiger partial charge in [0.1, 0.15) is 0 Å². The second kappa shape index (κ2) is 13.4. The first-order valence-corrected chi connectivity index (χ1v) is 13.9. The van der Waals surface area contributed by atoms with E-state index in [4.69, 9.17) is 0 Å². The maximum absolute atomic E-state index is 12.9. The molecule has 2 N–H and O–H groups in total. The fourth-order valence-electron chi connectivity index (χ4n) is 5.36. The molecule has 4 rings (SSSR count). The van der Waals surface area contributed by atoms with Gasteiger partial charge in [0.25, 0.3) is 5.91 Å². The van der Waals surface area contributed by atoms with E-state index in [9.17, 15) is 9.59 Å². The van der Waals surface area contributed by atoms with E-state index in [1.54, 1.807) is 0 Å². The highest BCUT2D eigenvalue weighted by atomic mass is 16.2. The number of carbonyl (C=O) groups excluding carboxylic acids is 2. The highest BCUT2D eigenvalue weighted by molar-refractivity contribution is 5.94. The molecule has 6 heteroatoms. The number of rotatable bonds is 8. The summed E-state index contributed by atoms with van der Waals surface area (Å²) < 4.78 is 0.